The van der Waals surface area contributed by atoms with Crippen LogP contribution in [0.5, 0.6) is 0 Å². The Hall–Kier alpha value is -7.48. The number of piperidine rings is 2. The van der Waals surface area contributed by atoms with Crippen molar-refractivity contribution in [1.29, 1.82) is 0 Å². The largest absolute Gasteiger partial charge is 1.00 e. The van der Waals surface area contributed by atoms with E-state index in [9.17, 15) is 33.9 Å². The van der Waals surface area contributed by atoms with Gasteiger partial charge in [-0.15, -0.1) is 0 Å². The van der Waals surface area contributed by atoms with Crippen molar-refractivity contribution in [3.05, 3.63) is 129 Å². The fraction of sp³-hybridized carbons (Fsp3) is 0.358. The number of ether oxygens (including phenoxy) is 2. The number of carbonyl (C=O) groups excluding carboxylic acids is 5. The summed E-state index contributed by atoms with van der Waals surface area (Å²) in [6.45, 7) is 13.1. The molecule has 2 aromatic carbocycles. The summed E-state index contributed by atoms with van der Waals surface area (Å²) in [4.78, 5) is 96.7. The number of nitrogens with two attached hydrogens (primary N) is 2. The van der Waals surface area contributed by atoms with Crippen molar-refractivity contribution < 1.29 is 67.7 Å². The SMILES string of the molecule is CC(=O)c1c(-c2ccc(C(=O)Nc3cc(Cl)ccn3)cc2)nc([C@@H]2CCCCN2C(=O)OC(C)(C)C)n1N.CC(C)(C)OC(=O)N1CCCC[C@H]1c1nc(-c2ccc(C(=O)Nc3cc(Cl)ccn3)cc2)c(C(=O)O)n1N.[Li+].[OH-]. The second kappa shape index (κ2) is 25.8. The third-order valence-electron chi connectivity index (χ3n) is 12.0. The van der Waals surface area contributed by atoms with E-state index in [1.54, 1.807) is 97.3 Å². The predicted octanol–water partition coefficient (Wildman–Crippen LogP) is 6.78. The molecule has 408 valence electrons. The van der Waals surface area contributed by atoms with Gasteiger partial charge in [0.25, 0.3) is 11.8 Å². The van der Waals surface area contributed by atoms with Gasteiger partial charge in [0.05, 0.1) is 12.1 Å². The van der Waals surface area contributed by atoms with Gasteiger partial charge in [-0.2, -0.15) is 0 Å². The number of amides is 4. The van der Waals surface area contributed by atoms with Gasteiger partial charge in [-0.1, -0.05) is 47.5 Å². The molecule has 0 saturated carbocycles. The van der Waals surface area contributed by atoms with E-state index in [4.69, 9.17) is 49.3 Å². The van der Waals surface area contributed by atoms with Crippen LogP contribution in [0.1, 0.15) is 152 Å². The van der Waals surface area contributed by atoms with Crippen molar-refractivity contribution in [2.24, 2.45) is 0 Å². The minimum absolute atomic E-state index is 0. The summed E-state index contributed by atoms with van der Waals surface area (Å²) in [6, 6.07) is 18.2. The van der Waals surface area contributed by atoms with Crippen molar-refractivity contribution in [2.45, 2.75) is 110 Å². The minimum Gasteiger partial charge on any atom is -0.870 e. The number of aromatic carboxylic acids is 1. The number of nitrogens with one attached hydrogen (secondary N) is 2. The molecule has 25 heteroatoms. The Morgan fingerprint density at radius 3 is 1.33 bits per heavy atom. The number of aromatic nitrogens is 6. The summed E-state index contributed by atoms with van der Waals surface area (Å²) in [5.41, 5.74) is 0.933. The molecule has 6 heterocycles. The second-order valence-corrected chi connectivity index (χ2v) is 21.0. The predicted molar refractivity (Wildman–Crippen MR) is 288 cm³/mol. The Balaban J connectivity index is 0.000000280. The Labute approximate surface area is 472 Å². The summed E-state index contributed by atoms with van der Waals surface area (Å²) in [7, 11) is 0. The smallest absolute Gasteiger partial charge is 0.870 e. The summed E-state index contributed by atoms with van der Waals surface area (Å²) in [5, 5.41) is 16.2. The summed E-state index contributed by atoms with van der Waals surface area (Å²) in [5.74, 6) is 11.6. The molecule has 8 N–H and O–H groups in total. The standard InChI is InChI=1S/C27H31ClN6O4.C26H29ClN6O5.Li.H2O/c1-16(35)23-22(17-8-10-18(11-9-17)25(36)31-21-15-19(28)12-13-30-21)32-24(34(23)29)20-7-5-6-14-33(20)26(37)38-27(2,3)4;1-26(2,3)38-25(37)32-13-5-4-6-18(32)22-31-20(21(24(35)36)33(22)28)15-7-9-16(10-8-15)23(34)30-19-14-17(27)11-12-29-19;;/h8-13,15,20H,5-7,14,29H2,1-4H3,(H,30,31,36);7-12,14,18H,4-6,13,28H2,1-3H3,(H,35,36)(H,29,30,34);;1H2/q;;+1;/p-1/t20-;18-;;/m00../s1. The number of anilines is 2. The van der Waals surface area contributed by atoms with Crippen molar-refractivity contribution in [3.8, 4) is 22.5 Å². The maximum atomic E-state index is 13.0. The van der Waals surface area contributed by atoms with Gasteiger partial charge in [-0.3, -0.25) is 24.2 Å². The summed E-state index contributed by atoms with van der Waals surface area (Å²) >= 11 is 11.9. The molecule has 8 rings (SSSR count). The first-order chi connectivity index (χ1) is 35.9. The van der Waals surface area contributed by atoms with Gasteiger partial charge in [-0.25, -0.2) is 43.7 Å². The van der Waals surface area contributed by atoms with Crippen molar-refractivity contribution in [1.82, 2.24) is 39.1 Å². The van der Waals surface area contributed by atoms with Gasteiger partial charge in [-0.05, 0) is 129 Å². The van der Waals surface area contributed by atoms with Gasteiger partial charge in [0, 0.05) is 64.7 Å². The fourth-order valence-electron chi connectivity index (χ4n) is 8.67. The van der Waals surface area contributed by atoms with Crippen molar-refractivity contribution >= 4 is 70.6 Å². The van der Waals surface area contributed by atoms with E-state index in [0.717, 1.165) is 30.4 Å². The molecule has 2 aliphatic heterocycles. The Morgan fingerprint density at radius 1 is 0.615 bits per heavy atom. The molecule has 0 spiro atoms. The van der Waals surface area contributed by atoms with Gasteiger partial charge in [0.2, 0.25) is 0 Å². The normalized spacial score (nSPS) is 15.3. The van der Waals surface area contributed by atoms with Gasteiger partial charge >= 0.3 is 37.0 Å². The monoisotopic (exact) mass is 1100 g/mol. The number of nitrogen functional groups attached to an aromatic ring is 2. The number of benzene rings is 2. The average molecular weight is 1100 g/mol. The van der Waals surface area contributed by atoms with Crippen molar-refractivity contribution in [3.63, 3.8) is 0 Å². The second-order valence-electron chi connectivity index (χ2n) is 20.1. The Kier molecular flexibility index (Phi) is 20.3. The Bertz CT molecular complexity index is 2950. The van der Waals surface area contributed by atoms with Gasteiger partial charge in [0.1, 0.15) is 39.9 Å². The van der Waals surface area contributed by atoms with Crippen LogP contribution >= 0.6 is 23.2 Å². The maximum absolute atomic E-state index is 13.0. The molecular formula is C53H61Cl2LiN12O10. The topological polar surface area (TPSA) is 315 Å². The van der Waals surface area contributed by atoms with E-state index in [-0.39, 0.29) is 58.9 Å². The quantitative estimate of drug-likeness (QED) is 0.0536. The fourth-order valence-corrected chi connectivity index (χ4v) is 8.99. The molecule has 4 amide bonds. The maximum Gasteiger partial charge on any atom is 1.00 e. The number of pyridine rings is 2. The van der Waals surface area contributed by atoms with E-state index < -0.39 is 47.3 Å². The first-order valence-electron chi connectivity index (χ1n) is 24.4. The number of rotatable bonds is 10. The zero-order chi connectivity index (χ0) is 55.2. The van der Waals surface area contributed by atoms with E-state index in [1.807, 2.05) is 20.8 Å². The first-order valence-corrected chi connectivity index (χ1v) is 25.2. The van der Waals surface area contributed by atoms with Gasteiger partial charge in [0.15, 0.2) is 23.1 Å². The number of likely N-dealkylation sites (tertiary alicyclic amines) is 2. The first kappa shape index (κ1) is 61.4. The number of Topliss-reactive ketones (excluding diaryl/α,β-unsaturated/α-hetero) is 1. The molecule has 78 heavy (non-hydrogen) atoms. The molecule has 0 radical (unpaired) electrons. The van der Waals surface area contributed by atoms with Crippen LogP contribution in [0.2, 0.25) is 10.0 Å². The average Bonchev–Trinajstić information content (AvgIpc) is 3.90. The molecule has 0 bridgehead atoms. The number of imidazole rings is 2. The molecule has 2 aliphatic rings. The number of nitrogens with zero attached hydrogens (tertiary/aromatic N) is 8. The molecule has 2 saturated heterocycles. The molecule has 6 aromatic rings. The number of carbonyl (C=O) groups is 6. The number of hydrogen-bond acceptors (Lipinski definition) is 15. The summed E-state index contributed by atoms with van der Waals surface area (Å²) < 4.78 is 13.5. The van der Waals surface area contributed by atoms with Crippen LogP contribution in [0.15, 0.2) is 85.2 Å². The van der Waals surface area contributed by atoms with E-state index >= 15 is 0 Å². The molecular weight excluding hydrogens is 1040 g/mol. The molecule has 0 unspecified atom stereocenters. The van der Waals surface area contributed by atoms with Crippen molar-refractivity contribution in [2.75, 3.05) is 35.4 Å². The van der Waals surface area contributed by atoms with Crippen LogP contribution < -0.4 is 41.2 Å². The molecule has 22 nitrogen and oxygen atoms in total. The van der Waals surface area contributed by atoms with Gasteiger partial charge < -0.3 is 42.4 Å². The van der Waals surface area contributed by atoms with Crippen LogP contribution in [0.25, 0.3) is 22.5 Å². The number of halogens is 2. The Morgan fingerprint density at radius 2 is 0.987 bits per heavy atom. The number of carboxylic acid groups (broad SMARTS) is 1. The van der Waals surface area contributed by atoms with E-state index in [1.165, 1.54) is 30.1 Å². The third kappa shape index (κ3) is 15.0. The molecule has 0 aliphatic carbocycles. The summed E-state index contributed by atoms with van der Waals surface area (Å²) in [6.07, 6.45) is 6.55. The van der Waals surface area contributed by atoms with Crippen LogP contribution in [-0.2, 0) is 9.47 Å². The third-order valence-corrected chi connectivity index (χ3v) is 12.5. The molecule has 2 atom stereocenters. The van der Waals surface area contributed by atoms with Crippen LogP contribution in [0.4, 0.5) is 21.2 Å². The molecule has 2 fully saturated rings. The number of carboxylic acids is 1. The van der Waals surface area contributed by atoms with E-state index in [2.05, 4.69) is 25.6 Å². The zero-order valence-corrected chi connectivity index (χ0v) is 46.1. The minimum atomic E-state index is -1.27. The van der Waals surface area contributed by atoms with Crippen LogP contribution in [-0.4, -0.2) is 110 Å². The van der Waals surface area contributed by atoms with Crippen LogP contribution in [0.3, 0.4) is 0 Å². The number of ketones is 1. The zero-order valence-electron chi connectivity index (χ0n) is 44.5. The van der Waals surface area contributed by atoms with E-state index in [0.29, 0.717) is 81.4 Å². The number of hydrogen-bond donors (Lipinski definition) is 5. The molecule has 4 aromatic heterocycles. The van der Waals surface area contributed by atoms with Crippen LogP contribution in [0, 0.1) is 0 Å².